The van der Waals surface area contributed by atoms with Gasteiger partial charge in [-0.3, -0.25) is 14.4 Å². The summed E-state index contributed by atoms with van der Waals surface area (Å²) in [6.07, 6.45) is 0.449. The molecule has 20 heavy (non-hydrogen) atoms. The number of benzene rings is 1. The van der Waals surface area contributed by atoms with Gasteiger partial charge >= 0.3 is 0 Å². The molecule has 1 aromatic carbocycles. The number of rotatable bonds is 4. The van der Waals surface area contributed by atoms with E-state index in [0.717, 1.165) is 4.90 Å². The zero-order chi connectivity index (χ0) is 14.7. The Kier molecular flexibility index (Phi) is 4.44. The first-order valence-electron chi connectivity index (χ1n) is 6.37. The van der Waals surface area contributed by atoms with Crippen LogP contribution in [0.4, 0.5) is 5.69 Å². The number of amides is 2. The summed E-state index contributed by atoms with van der Waals surface area (Å²) in [5.41, 5.74) is 1.34. The standard InChI is InChI=1S/C14H16N2O3S/c1-3-11(17)9-4-5-10-12(6-9)20-8-14(19)16(10)7-13(18)15-2/h4-6H,3,7-8H2,1-2H3,(H,15,18). The molecule has 5 nitrogen and oxygen atoms in total. The van der Waals surface area contributed by atoms with E-state index in [1.165, 1.54) is 23.7 Å². The maximum atomic E-state index is 11.9. The van der Waals surface area contributed by atoms with E-state index >= 15 is 0 Å². The highest BCUT2D eigenvalue weighted by molar-refractivity contribution is 8.00. The molecular formula is C14H16N2O3S. The number of hydrogen-bond donors (Lipinski definition) is 1. The average molecular weight is 292 g/mol. The quantitative estimate of drug-likeness (QED) is 0.853. The van der Waals surface area contributed by atoms with Gasteiger partial charge in [-0.1, -0.05) is 6.92 Å². The highest BCUT2D eigenvalue weighted by atomic mass is 32.2. The molecule has 0 spiro atoms. The molecule has 0 aromatic heterocycles. The fourth-order valence-corrected chi connectivity index (χ4v) is 2.95. The predicted octanol–water partition coefficient (Wildman–Crippen LogP) is 1.46. The van der Waals surface area contributed by atoms with Crippen molar-refractivity contribution in [1.29, 1.82) is 0 Å². The second kappa shape index (κ2) is 6.09. The van der Waals surface area contributed by atoms with Gasteiger partial charge in [0.15, 0.2) is 5.78 Å². The monoisotopic (exact) mass is 292 g/mol. The zero-order valence-corrected chi connectivity index (χ0v) is 12.3. The molecule has 0 radical (unpaired) electrons. The number of carbonyl (C=O) groups is 3. The van der Waals surface area contributed by atoms with Gasteiger partial charge < -0.3 is 10.2 Å². The van der Waals surface area contributed by atoms with Crippen molar-refractivity contribution in [3.63, 3.8) is 0 Å². The molecule has 0 atom stereocenters. The molecule has 1 aliphatic heterocycles. The summed E-state index contributed by atoms with van der Waals surface area (Å²) in [4.78, 5) is 37.5. The number of thioether (sulfide) groups is 1. The second-order valence-electron chi connectivity index (χ2n) is 4.40. The molecule has 1 aromatic rings. The summed E-state index contributed by atoms with van der Waals surface area (Å²) in [5.74, 6) is 0.0436. The van der Waals surface area contributed by atoms with Gasteiger partial charge in [0.25, 0.3) is 0 Å². The van der Waals surface area contributed by atoms with E-state index < -0.39 is 0 Å². The largest absolute Gasteiger partial charge is 0.358 e. The number of Topliss-reactive ketones (excluding diaryl/α,β-unsaturated/α-hetero) is 1. The lowest BCUT2D eigenvalue weighted by Crippen LogP contribution is -2.42. The van der Waals surface area contributed by atoms with Crippen LogP contribution >= 0.6 is 11.8 Å². The summed E-state index contributed by atoms with van der Waals surface area (Å²) >= 11 is 1.40. The van der Waals surface area contributed by atoms with Crippen molar-refractivity contribution < 1.29 is 14.4 Å². The number of nitrogens with one attached hydrogen (secondary N) is 1. The molecule has 1 heterocycles. The molecular weight excluding hydrogens is 276 g/mol. The van der Waals surface area contributed by atoms with E-state index in [2.05, 4.69) is 5.32 Å². The van der Waals surface area contributed by atoms with Gasteiger partial charge in [-0.05, 0) is 18.2 Å². The van der Waals surface area contributed by atoms with Crippen LogP contribution in [0.2, 0.25) is 0 Å². The Bertz CT molecular complexity index is 572. The van der Waals surface area contributed by atoms with E-state index in [-0.39, 0.29) is 29.9 Å². The van der Waals surface area contributed by atoms with Crippen LogP contribution in [0.1, 0.15) is 23.7 Å². The van der Waals surface area contributed by atoms with Crippen LogP contribution in [0.25, 0.3) is 0 Å². The lowest BCUT2D eigenvalue weighted by Gasteiger charge is -2.28. The second-order valence-corrected chi connectivity index (χ2v) is 5.42. The summed E-state index contributed by atoms with van der Waals surface area (Å²) in [6.45, 7) is 1.82. The van der Waals surface area contributed by atoms with Crippen molar-refractivity contribution in [3.05, 3.63) is 23.8 Å². The molecule has 0 unspecified atom stereocenters. The van der Waals surface area contributed by atoms with Crippen LogP contribution in [0, 0.1) is 0 Å². The first-order valence-corrected chi connectivity index (χ1v) is 7.36. The van der Waals surface area contributed by atoms with E-state index in [4.69, 9.17) is 0 Å². The van der Waals surface area contributed by atoms with Crippen molar-refractivity contribution in [2.45, 2.75) is 18.2 Å². The van der Waals surface area contributed by atoms with E-state index in [1.807, 2.05) is 6.92 Å². The van der Waals surface area contributed by atoms with E-state index in [9.17, 15) is 14.4 Å². The van der Waals surface area contributed by atoms with Crippen molar-refractivity contribution in [3.8, 4) is 0 Å². The van der Waals surface area contributed by atoms with Crippen molar-refractivity contribution in [2.24, 2.45) is 0 Å². The number of anilines is 1. The molecule has 106 valence electrons. The lowest BCUT2D eigenvalue weighted by atomic mass is 10.1. The lowest BCUT2D eigenvalue weighted by molar-refractivity contribution is -0.122. The first kappa shape index (κ1) is 14.6. The maximum Gasteiger partial charge on any atom is 0.239 e. The van der Waals surface area contributed by atoms with Crippen LogP contribution in [-0.4, -0.2) is 36.9 Å². The van der Waals surface area contributed by atoms with E-state index in [0.29, 0.717) is 17.7 Å². The van der Waals surface area contributed by atoms with Gasteiger partial charge in [-0.15, -0.1) is 11.8 Å². The molecule has 1 N–H and O–H groups in total. The first-order chi connectivity index (χ1) is 9.56. The maximum absolute atomic E-state index is 11.9. The zero-order valence-electron chi connectivity index (χ0n) is 11.4. The van der Waals surface area contributed by atoms with Gasteiger partial charge in [-0.2, -0.15) is 0 Å². The van der Waals surface area contributed by atoms with E-state index in [1.54, 1.807) is 18.2 Å². The molecule has 0 bridgehead atoms. The number of likely N-dealkylation sites (N-methyl/N-ethyl adjacent to an activating group) is 1. The number of hydrogen-bond acceptors (Lipinski definition) is 4. The third-order valence-corrected chi connectivity index (χ3v) is 4.16. The Morgan fingerprint density at radius 1 is 1.40 bits per heavy atom. The van der Waals surface area contributed by atoms with Gasteiger partial charge in [-0.25, -0.2) is 0 Å². The minimum atomic E-state index is -0.218. The Labute approximate surface area is 121 Å². The number of nitrogens with zero attached hydrogens (tertiary/aromatic N) is 1. The van der Waals surface area contributed by atoms with Crippen LogP contribution in [0.5, 0.6) is 0 Å². The summed E-state index contributed by atoms with van der Waals surface area (Å²) < 4.78 is 0. The number of ketones is 1. The summed E-state index contributed by atoms with van der Waals surface area (Å²) in [5, 5.41) is 2.51. The van der Waals surface area contributed by atoms with Gasteiger partial charge in [0.05, 0.1) is 11.4 Å². The Morgan fingerprint density at radius 3 is 2.80 bits per heavy atom. The highest BCUT2D eigenvalue weighted by Gasteiger charge is 2.26. The topological polar surface area (TPSA) is 66.5 Å². The van der Waals surface area contributed by atoms with Crippen LogP contribution in [0.3, 0.4) is 0 Å². The fourth-order valence-electron chi connectivity index (χ4n) is 1.98. The minimum absolute atomic E-state index is 0.00393. The van der Waals surface area contributed by atoms with Gasteiger partial charge in [0.2, 0.25) is 11.8 Å². The number of fused-ring (bicyclic) bond motifs is 1. The normalized spacial score (nSPS) is 13.9. The van der Waals surface area contributed by atoms with Crippen molar-refractivity contribution in [1.82, 2.24) is 5.32 Å². The smallest absolute Gasteiger partial charge is 0.239 e. The molecule has 0 aliphatic carbocycles. The Hall–Kier alpha value is -1.82. The third kappa shape index (κ3) is 2.85. The molecule has 2 rings (SSSR count). The molecule has 1 aliphatic rings. The van der Waals surface area contributed by atoms with Crippen molar-refractivity contribution in [2.75, 3.05) is 24.2 Å². The minimum Gasteiger partial charge on any atom is -0.358 e. The molecule has 0 saturated carbocycles. The average Bonchev–Trinajstić information content (AvgIpc) is 2.48. The van der Waals surface area contributed by atoms with Crippen molar-refractivity contribution >= 4 is 35.0 Å². The SMILES string of the molecule is CCC(=O)c1ccc2c(c1)SCC(=O)N2CC(=O)NC. The van der Waals surface area contributed by atoms with Crippen LogP contribution < -0.4 is 10.2 Å². The fraction of sp³-hybridized carbons (Fsp3) is 0.357. The molecule has 0 fully saturated rings. The van der Waals surface area contributed by atoms with Crippen LogP contribution in [0.15, 0.2) is 23.1 Å². The highest BCUT2D eigenvalue weighted by Crippen LogP contribution is 2.36. The Morgan fingerprint density at radius 2 is 2.15 bits per heavy atom. The third-order valence-electron chi connectivity index (χ3n) is 3.13. The number of carbonyl (C=O) groups excluding carboxylic acids is 3. The molecule has 2 amide bonds. The van der Waals surface area contributed by atoms with Gasteiger partial charge in [0.1, 0.15) is 6.54 Å². The Balaban J connectivity index is 2.34. The molecule has 6 heteroatoms. The van der Waals surface area contributed by atoms with Gasteiger partial charge in [0, 0.05) is 23.9 Å². The molecule has 0 saturated heterocycles. The summed E-state index contributed by atoms with van der Waals surface area (Å²) in [7, 11) is 1.54. The van der Waals surface area contributed by atoms with Crippen LogP contribution in [-0.2, 0) is 9.59 Å². The predicted molar refractivity (Wildman–Crippen MR) is 78.2 cm³/mol. The summed E-state index contributed by atoms with van der Waals surface area (Å²) in [6, 6.07) is 5.25.